The summed E-state index contributed by atoms with van der Waals surface area (Å²) in [5, 5.41) is 7.38. The van der Waals surface area contributed by atoms with Crippen molar-refractivity contribution in [3.8, 4) is 17.1 Å². The van der Waals surface area contributed by atoms with Crippen molar-refractivity contribution in [3.05, 3.63) is 53.9 Å². The number of hydrogen-bond acceptors (Lipinski definition) is 8. The predicted molar refractivity (Wildman–Crippen MR) is 116 cm³/mol. The van der Waals surface area contributed by atoms with E-state index in [0.717, 1.165) is 11.3 Å². The lowest BCUT2D eigenvalue weighted by Gasteiger charge is -2.22. The number of hydrogen-bond donors (Lipinski definition) is 2. The molecule has 0 amide bonds. The van der Waals surface area contributed by atoms with E-state index < -0.39 is 0 Å². The Morgan fingerprint density at radius 1 is 1.23 bits per heavy atom. The van der Waals surface area contributed by atoms with Gasteiger partial charge in [0, 0.05) is 17.2 Å². The highest BCUT2D eigenvalue weighted by atomic mass is 16.5. The number of ether oxygens (including phenoxy) is 1. The Morgan fingerprint density at radius 3 is 2.63 bits per heavy atom. The molecule has 1 heterocycles. The average Bonchev–Trinajstić information content (AvgIpc) is 3.20. The summed E-state index contributed by atoms with van der Waals surface area (Å²) < 4.78 is 11.0. The van der Waals surface area contributed by atoms with Crippen LogP contribution < -0.4 is 15.8 Å². The fourth-order valence-electron chi connectivity index (χ4n) is 2.60. The molecule has 30 heavy (non-hydrogen) atoms. The van der Waals surface area contributed by atoms with Crippen LogP contribution in [0, 0.1) is 0 Å². The number of carbonyl (C=O) groups excluding carboxylic acids is 1. The maximum Gasteiger partial charge on any atom is 0.264 e. The largest absolute Gasteiger partial charge is 0.484 e. The van der Waals surface area contributed by atoms with Crippen molar-refractivity contribution in [2.75, 3.05) is 24.8 Å². The van der Waals surface area contributed by atoms with E-state index in [1.54, 1.807) is 24.3 Å². The van der Waals surface area contributed by atoms with Gasteiger partial charge in [0.25, 0.3) is 5.89 Å². The fraction of sp³-hybridized carbons (Fsp3) is 0.318. The van der Waals surface area contributed by atoms with Gasteiger partial charge in [-0.05, 0) is 70.3 Å². The Labute approximate surface area is 176 Å². The van der Waals surface area contributed by atoms with Crippen LogP contribution in [-0.4, -0.2) is 40.6 Å². The minimum Gasteiger partial charge on any atom is -0.484 e. The Hall–Kier alpha value is -3.39. The van der Waals surface area contributed by atoms with Gasteiger partial charge >= 0.3 is 0 Å². The number of nitrogens with one attached hydrogen (secondary N) is 1. The van der Waals surface area contributed by atoms with Gasteiger partial charge in [0.1, 0.15) is 5.75 Å². The van der Waals surface area contributed by atoms with E-state index in [-0.39, 0.29) is 12.4 Å². The van der Waals surface area contributed by atoms with Crippen LogP contribution in [0.3, 0.4) is 0 Å². The first-order chi connectivity index (χ1) is 14.3. The molecule has 158 valence electrons. The van der Waals surface area contributed by atoms with Crippen LogP contribution in [0.25, 0.3) is 11.4 Å². The topological polar surface area (TPSA) is 107 Å². The lowest BCUT2D eigenvalue weighted by Crippen LogP contribution is -2.31. The molecular formula is C22H27N5O3. The number of nitrogens with two attached hydrogens (primary N) is 1. The fourth-order valence-corrected chi connectivity index (χ4v) is 2.60. The molecular weight excluding hydrogens is 382 g/mol. The van der Waals surface area contributed by atoms with Gasteiger partial charge in [0.05, 0.1) is 18.0 Å². The van der Waals surface area contributed by atoms with E-state index in [1.165, 1.54) is 6.92 Å². The average molecular weight is 409 g/mol. The van der Waals surface area contributed by atoms with Gasteiger partial charge in [-0.3, -0.25) is 9.69 Å². The Kier molecular flexibility index (Phi) is 6.68. The van der Waals surface area contributed by atoms with E-state index in [4.69, 9.17) is 15.0 Å². The Morgan fingerprint density at radius 2 is 1.97 bits per heavy atom. The van der Waals surface area contributed by atoms with Gasteiger partial charge in [-0.1, -0.05) is 5.16 Å². The molecule has 3 rings (SSSR count). The van der Waals surface area contributed by atoms with Crippen LogP contribution in [0.1, 0.15) is 37.0 Å². The summed E-state index contributed by atoms with van der Waals surface area (Å²) >= 11 is 0. The molecule has 2 aromatic carbocycles. The second kappa shape index (κ2) is 9.41. The molecule has 8 nitrogen and oxygen atoms in total. The van der Waals surface area contributed by atoms with Crippen LogP contribution >= 0.6 is 0 Å². The minimum absolute atomic E-state index is 0.0105. The monoisotopic (exact) mass is 409 g/mol. The van der Waals surface area contributed by atoms with E-state index in [2.05, 4.69) is 34.2 Å². The van der Waals surface area contributed by atoms with Crippen molar-refractivity contribution in [1.82, 2.24) is 15.0 Å². The molecule has 3 N–H and O–H groups in total. The summed E-state index contributed by atoms with van der Waals surface area (Å²) in [5.74, 6) is 1.44. The Bertz CT molecular complexity index is 998. The molecule has 0 atom stereocenters. The normalized spacial score (nSPS) is 11.1. The predicted octanol–water partition coefficient (Wildman–Crippen LogP) is 3.81. The molecule has 0 saturated carbocycles. The molecule has 0 aliphatic rings. The lowest BCUT2D eigenvalue weighted by molar-refractivity contribution is 0.101. The second-order valence-electron chi connectivity index (χ2n) is 7.37. The van der Waals surface area contributed by atoms with Crippen LogP contribution in [0.2, 0.25) is 0 Å². The van der Waals surface area contributed by atoms with Crippen molar-refractivity contribution in [2.24, 2.45) is 0 Å². The van der Waals surface area contributed by atoms with Crippen molar-refractivity contribution in [2.45, 2.75) is 33.4 Å². The number of rotatable bonds is 9. The summed E-state index contributed by atoms with van der Waals surface area (Å²) in [5.41, 5.74) is 8.98. The molecule has 1 aromatic heterocycles. The SMILES string of the molecule is CC(=O)c1ccc(OCc2nc(-c3ccc(N)c(NCN(C)C(C)C)c3)no2)cc1. The van der Waals surface area contributed by atoms with E-state index in [9.17, 15) is 4.79 Å². The van der Waals surface area contributed by atoms with Crippen LogP contribution in [-0.2, 0) is 6.61 Å². The highest BCUT2D eigenvalue weighted by Crippen LogP contribution is 2.26. The number of anilines is 2. The third-order valence-corrected chi connectivity index (χ3v) is 4.80. The third kappa shape index (κ3) is 5.36. The second-order valence-corrected chi connectivity index (χ2v) is 7.37. The molecule has 0 fully saturated rings. The molecule has 0 saturated heterocycles. The third-order valence-electron chi connectivity index (χ3n) is 4.80. The van der Waals surface area contributed by atoms with Crippen molar-refractivity contribution in [3.63, 3.8) is 0 Å². The molecule has 8 heteroatoms. The van der Waals surface area contributed by atoms with Gasteiger partial charge in [0.2, 0.25) is 5.82 Å². The molecule has 0 spiro atoms. The summed E-state index contributed by atoms with van der Waals surface area (Å²) in [7, 11) is 2.04. The van der Waals surface area contributed by atoms with Crippen LogP contribution in [0.5, 0.6) is 5.75 Å². The number of carbonyl (C=O) groups is 1. The van der Waals surface area contributed by atoms with E-state index in [0.29, 0.717) is 41.4 Å². The number of aromatic nitrogens is 2. The molecule has 0 aliphatic heterocycles. The zero-order valence-electron chi connectivity index (χ0n) is 17.7. The smallest absolute Gasteiger partial charge is 0.264 e. The molecule has 0 bridgehead atoms. The minimum atomic E-state index is 0.0105. The van der Waals surface area contributed by atoms with Gasteiger partial charge in [-0.2, -0.15) is 4.98 Å². The lowest BCUT2D eigenvalue weighted by atomic mass is 10.1. The molecule has 0 unspecified atom stereocenters. The summed E-state index contributed by atoms with van der Waals surface area (Å²) in [6, 6.07) is 12.9. The summed E-state index contributed by atoms with van der Waals surface area (Å²) in [6.07, 6.45) is 0. The maximum absolute atomic E-state index is 11.3. The number of ketones is 1. The quantitative estimate of drug-likeness (QED) is 0.312. The van der Waals surface area contributed by atoms with E-state index >= 15 is 0 Å². The number of nitrogen functional groups attached to an aromatic ring is 1. The summed E-state index contributed by atoms with van der Waals surface area (Å²) in [6.45, 7) is 6.57. The molecule has 3 aromatic rings. The zero-order chi connectivity index (χ0) is 21.7. The van der Waals surface area contributed by atoms with E-state index in [1.807, 2.05) is 25.2 Å². The van der Waals surface area contributed by atoms with Crippen LogP contribution in [0.4, 0.5) is 11.4 Å². The zero-order valence-corrected chi connectivity index (χ0v) is 17.7. The first kappa shape index (κ1) is 21.3. The van der Waals surface area contributed by atoms with Crippen molar-refractivity contribution >= 4 is 17.2 Å². The van der Waals surface area contributed by atoms with Gasteiger partial charge < -0.3 is 20.3 Å². The van der Waals surface area contributed by atoms with Gasteiger partial charge in [-0.15, -0.1) is 0 Å². The highest BCUT2D eigenvalue weighted by molar-refractivity contribution is 5.94. The molecule has 0 aliphatic carbocycles. The number of benzene rings is 2. The van der Waals surface area contributed by atoms with Crippen LogP contribution in [0.15, 0.2) is 47.0 Å². The van der Waals surface area contributed by atoms with Crippen molar-refractivity contribution < 1.29 is 14.1 Å². The maximum atomic E-state index is 11.3. The van der Waals surface area contributed by atoms with Crippen molar-refractivity contribution in [1.29, 1.82) is 0 Å². The molecule has 0 radical (unpaired) electrons. The standard InChI is InChI=1S/C22H27N5O3/c1-14(2)27(4)13-24-20-11-17(7-10-19(20)23)22-25-21(30-26-22)12-29-18-8-5-16(6-9-18)15(3)28/h5-11,14,24H,12-13,23H2,1-4H3. The summed E-state index contributed by atoms with van der Waals surface area (Å²) in [4.78, 5) is 17.9. The number of nitrogens with zero attached hydrogens (tertiary/aromatic N) is 3. The first-order valence-corrected chi connectivity index (χ1v) is 9.74. The Balaban J connectivity index is 1.65. The number of Topliss-reactive ketones (excluding diaryl/α,β-unsaturated/α-hetero) is 1. The highest BCUT2D eigenvalue weighted by Gasteiger charge is 2.12. The van der Waals surface area contributed by atoms with Gasteiger partial charge in [-0.25, -0.2) is 0 Å². The first-order valence-electron chi connectivity index (χ1n) is 9.74. The van der Waals surface area contributed by atoms with Gasteiger partial charge in [0.15, 0.2) is 12.4 Å².